The first-order valence-electron chi connectivity index (χ1n) is 8.29. The molecule has 0 radical (unpaired) electrons. The Morgan fingerprint density at radius 2 is 1.91 bits per heavy atom. The highest BCUT2D eigenvalue weighted by atomic mass is 16.1. The lowest BCUT2D eigenvalue weighted by atomic mass is 9.98. The highest BCUT2D eigenvalue weighted by molar-refractivity contribution is 5.94. The predicted octanol–water partition coefficient (Wildman–Crippen LogP) is 3.80. The fourth-order valence-corrected chi connectivity index (χ4v) is 3.32. The Morgan fingerprint density at radius 1 is 1.18 bits per heavy atom. The Kier molecular flexibility index (Phi) is 4.32. The molecule has 0 bridgehead atoms. The van der Waals surface area contributed by atoms with E-state index in [1.165, 1.54) is 36.2 Å². The first kappa shape index (κ1) is 14.9. The lowest BCUT2D eigenvalue weighted by Gasteiger charge is -2.17. The molecule has 0 spiro atoms. The van der Waals surface area contributed by atoms with E-state index in [2.05, 4.69) is 41.9 Å². The zero-order valence-corrected chi connectivity index (χ0v) is 13.5. The van der Waals surface area contributed by atoms with Crippen LogP contribution >= 0.6 is 0 Å². The number of carbonyl (C=O) groups is 1. The van der Waals surface area contributed by atoms with Crippen LogP contribution in [0.1, 0.15) is 53.5 Å². The number of rotatable bonds is 4. The lowest BCUT2D eigenvalue weighted by molar-refractivity contribution is 0.0953. The van der Waals surface area contributed by atoms with Crippen molar-refractivity contribution >= 4 is 5.91 Å². The van der Waals surface area contributed by atoms with Crippen molar-refractivity contribution in [3.05, 3.63) is 52.8 Å². The number of amides is 1. The third-order valence-corrected chi connectivity index (χ3v) is 4.41. The summed E-state index contributed by atoms with van der Waals surface area (Å²) in [6.07, 6.45) is 5.88. The fraction of sp³-hybridized carbons (Fsp3) is 0.421. The molecule has 3 heteroatoms. The number of benzene rings is 1. The minimum atomic E-state index is 0.0136. The quantitative estimate of drug-likeness (QED) is 0.914. The highest BCUT2D eigenvalue weighted by Crippen LogP contribution is 2.28. The molecule has 0 aliphatic heterocycles. The number of hydrogen-bond donors (Lipinski definition) is 1. The van der Waals surface area contributed by atoms with Gasteiger partial charge < -0.3 is 9.88 Å². The number of carbonyl (C=O) groups excluding carboxylic acids is 1. The molecular formula is C19H24N2O. The first-order chi connectivity index (χ1) is 10.7. The standard InChI is InChI=1S/C19H24N2O/c1-3-12-20-19(22)15-8-10-17(11-9-15)21-14(2)13-16-6-4-5-7-18(16)21/h8-11,13H,3-7,12H2,1-2H3,(H,20,22). The van der Waals surface area contributed by atoms with Gasteiger partial charge in [0.05, 0.1) is 0 Å². The topological polar surface area (TPSA) is 34.0 Å². The van der Waals surface area contributed by atoms with Gasteiger partial charge in [0.15, 0.2) is 0 Å². The maximum absolute atomic E-state index is 12.0. The molecule has 0 saturated heterocycles. The average molecular weight is 296 g/mol. The van der Waals surface area contributed by atoms with Crippen LogP contribution in [0.5, 0.6) is 0 Å². The van der Waals surface area contributed by atoms with Crippen molar-refractivity contribution in [1.82, 2.24) is 9.88 Å². The van der Waals surface area contributed by atoms with Crippen molar-refractivity contribution in [2.75, 3.05) is 6.54 Å². The molecule has 0 saturated carbocycles. The second kappa shape index (κ2) is 6.39. The van der Waals surface area contributed by atoms with Gasteiger partial charge in [-0.1, -0.05) is 6.92 Å². The molecule has 3 nitrogen and oxygen atoms in total. The fourth-order valence-electron chi connectivity index (χ4n) is 3.32. The largest absolute Gasteiger partial charge is 0.352 e. The number of aromatic nitrogens is 1. The molecule has 1 aliphatic rings. The molecule has 1 heterocycles. The lowest BCUT2D eigenvalue weighted by Crippen LogP contribution is -2.23. The smallest absolute Gasteiger partial charge is 0.251 e. The summed E-state index contributed by atoms with van der Waals surface area (Å²) in [6, 6.07) is 10.3. The van der Waals surface area contributed by atoms with Crippen LogP contribution in [0, 0.1) is 6.92 Å². The third-order valence-electron chi connectivity index (χ3n) is 4.41. The van der Waals surface area contributed by atoms with Crippen molar-refractivity contribution in [2.24, 2.45) is 0 Å². The zero-order valence-electron chi connectivity index (χ0n) is 13.5. The van der Waals surface area contributed by atoms with E-state index in [1.54, 1.807) is 0 Å². The van der Waals surface area contributed by atoms with Crippen molar-refractivity contribution in [3.63, 3.8) is 0 Å². The van der Waals surface area contributed by atoms with Gasteiger partial charge >= 0.3 is 0 Å². The third kappa shape index (κ3) is 2.80. The number of fused-ring (bicyclic) bond motifs is 1. The summed E-state index contributed by atoms with van der Waals surface area (Å²) in [4.78, 5) is 12.0. The van der Waals surface area contributed by atoms with Crippen LogP contribution in [0.25, 0.3) is 5.69 Å². The molecule has 1 aromatic carbocycles. The van der Waals surface area contributed by atoms with Crippen LogP contribution in [0.2, 0.25) is 0 Å². The summed E-state index contributed by atoms with van der Waals surface area (Å²) in [7, 11) is 0. The Balaban J connectivity index is 1.87. The second-order valence-corrected chi connectivity index (χ2v) is 6.10. The molecule has 0 unspecified atom stereocenters. The van der Waals surface area contributed by atoms with E-state index in [9.17, 15) is 4.79 Å². The maximum Gasteiger partial charge on any atom is 0.251 e. The van der Waals surface area contributed by atoms with E-state index in [0.717, 1.165) is 30.6 Å². The Bertz CT molecular complexity index is 667. The summed E-state index contributed by atoms with van der Waals surface area (Å²) >= 11 is 0. The van der Waals surface area contributed by atoms with Gasteiger partial charge in [0.25, 0.3) is 5.91 Å². The van der Waals surface area contributed by atoms with E-state index in [4.69, 9.17) is 0 Å². The van der Waals surface area contributed by atoms with Gasteiger partial charge in [-0.25, -0.2) is 0 Å². The second-order valence-electron chi connectivity index (χ2n) is 6.10. The molecule has 2 aromatic rings. The predicted molar refractivity (Wildman–Crippen MR) is 89.8 cm³/mol. The van der Waals surface area contributed by atoms with Crippen LogP contribution in [0.4, 0.5) is 0 Å². The van der Waals surface area contributed by atoms with Gasteiger partial charge in [0.2, 0.25) is 0 Å². The monoisotopic (exact) mass is 296 g/mol. The van der Waals surface area contributed by atoms with Crippen molar-refractivity contribution in [2.45, 2.75) is 46.0 Å². The van der Waals surface area contributed by atoms with Crippen LogP contribution in [0.3, 0.4) is 0 Å². The van der Waals surface area contributed by atoms with Crippen LogP contribution in [0.15, 0.2) is 30.3 Å². The van der Waals surface area contributed by atoms with Gasteiger partial charge in [0, 0.05) is 29.2 Å². The SMILES string of the molecule is CCCNC(=O)c1ccc(-n2c(C)cc3c2CCCC3)cc1. The molecule has 1 aliphatic carbocycles. The van der Waals surface area contributed by atoms with Gasteiger partial charge in [0.1, 0.15) is 0 Å². The van der Waals surface area contributed by atoms with Crippen molar-refractivity contribution in [3.8, 4) is 5.69 Å². The summed E-state index contributed by atoms with van der Waals surface area (Å²) in [5.74, 6) is 0.0136. The van der Waals surface area contributed by atoms with E-state index >= 15 is 0 Å². The van der Waals surface area contributed by atoms with E-state index in [0.29, 0.717) is 0 Å². The molecule has 22 heavy (non-hydrogen) atoms. The highest BCUT2D eigenvalue weighted by Gasteiger charge is 2.17. The molecule has 1 amide bonds. The summed E-state index contributed by atoms with van der Waals surface area (Å²) in [5.41, 5.74) is 6.12. The Labute approximate surface area is 132 Å². The normalized spacial score (nSPS) is 13.7. The molecule has 1 aromatic heterocycles. The number of hydrogen-bond acceptors (Lipinski definition) is 1. The van der Waals surface area contributed by atoms with Gasteiger partial charge in [-0.15, -0.1) is 0 Å². The minimum Gasteiger partial charge on any atom is -0.352 e. The molecule has 1 N–H and O–H groups in total. The molecule has 116 valence electrons. The molecule has 0 fully saturated rings. The van der Waals surface area contributed by atoms with Crippen LogP contribution in [-0.2, 0) is 12.8 Å². The maximum atomic E-state index is 12.0. The minimum absolute atomic E-state index is 0.0136. The Hall–Kier alpha value is -2.03. The van der Waals surface area contributed by atoms with E-state index in [1.807, 2.05) is 12.1 Å². The van der Waals surface area contributed by atoms with Crippen molar-refractivity contribution < 1.29 is 4.79 Å². The first-order valence-corrected chi connectivity index (χ1v) is 8.29. The molecular weight excluding hydrogens is 272 g/mol. The van der Waals surface area contributed by atoms with Crippen LogP contribution < -0.4 is 5.32 Å². The summed E-state index contributed by atoms with van der Waals surface area (Å²) in [5, 5.41) is 2.92. The number of aryl methyl sites for hydroxylation is 2. The van der Waals surface area contributed by atoms with Gasteiger partial charge in [-0.2, -0.15) is 0 Å². The molecule has 3 rings (SSSR count). The number of nitrogens with one attached hydrogen (secondary N) is 1. The van der Waals surface area contributed by atoms with E-state index < -0.39 is 0 Å². The average Bonchev–Trinajstić information content (AvgIpc) is 2.88. The summed E-state index contributed by atoms with van der Waals surface area (Å²) < 4.78 is 2.35. The van der Waals surface area contributed by atoms with Gasteiger partial charge in [-0.05, 0) is 74.9 Å². The number of nitrogens with zero attached hydrogens (tertiary/aromatic N) is 1. The molecule has 0 atom stereocenters. The summed E-state index contributed by atoms with van der Waals surface area (Å²) in [6.45, 7) is 4.95. The van der Waals surface area contributed by atoms with Crippen LogP contribution in [-0.4, -0.2) is 17.0 Å². The van der Waals surface area contributed by atoms with Gasteiger partial charge in [-0.3, -0.25) is 4.79 Å². The Morgan fingerprint density at radius 3 is 2.64 bits per heavy atom. The van der Waals surface area contributed by atoms with E-state index in [-0.39, 0.29) is 5.91 Å². The van der Waals surface area contributed by atoms with Crippen molar-refractivity contribution in [1.29, 1.82) is 0 Å². The zero-order chi connectivity index (χ0) is 15.5.